The smallest absolute Gasteiger partial charge is 0.102 e. The van der Waals surface area contributed by atoms with Crippen LogP contribution in [0.1, 0.15) is 39.4 Å². The zero-order valence-corrected chi connectivity index (χ0v) is 8.44. The van der Waals surface area contributed by atoms with E-state index in [1.165, 1.54) is 0 Å². The largest absolute Gasteiger partial charge is 0.250 e. The number of rotatable bonds is 2. The molecule has 0 fully saturated rings. The van der Waals surface area contributed by atoms with E-state index in [0.29, 0.717) is 0 Å². The molecule has 1 aromatic rings. The Balaban J connectivity index is 3.00. The maximum atomic E-state index is 8.87. The Morgan fingerprint density at radius 2 is 2.15 bits per heavy atom. The first-order chi connectivity index (χ1) is 5.97. The van der Waals surface area contributed by atoms with Crippen LogP contribution in [-0.4, -0.2) is 15.0 Å². The second kappa shape index (κ2) is 3.17. The Morgan fingerprint density at radius 1 is 1.54 bits per heavy atom. The van der Waals surface area contributed by atoms with Gasteiger partial charge in [0.15, 0.2) is 0 Å². The lowest BCUT2D eigenvalue weighted by molar-refractivity contribution is 0.514. The first-order valence-electron chi connectivity index (χ1n) is 4.31. The van der Waals surface area contributed by atoms with E-state index in [9.17, 15) is 0 Å². The molecule has 4 heteroatoms. The summed E-state index contributed by atoms with van der Waals surface area (Å²) in [7, 11) is 0. The van der Waals surface area contributed by atoms with Gasteiger partial charge >= 0.3 is 0 Å². The van der Waals surface area contributed by atoms with E-state index in [1.54, 1.807) is 4.68 Å². The third kappa shape index (κ3) is 1.86. The SMILES string of the molecule is CC(C)n1cc(C(C)(C)C#N)nn1. The van der Waals surface area contributed by atoms with Crippen molar-refractivity contribution in [3.63, 3.8) is 0 Å². The molecule has 0 saturated carbocycles. The van der Waals surface area contributed by atoms with E-state index in [0.717, 1.165) is 5.69 Å². The Kier molecular flexibility index (Phi) is 2.37. The van der Waals surface area contributed by atoms with Gasteiger partial charge in [-0.05, 0) is 27.7 Å². The molecule has 0 aliphatic heterocycles. The van der Waals surface area contributed by atoms with E-state index in [-0.39, 0.29) is 6.04 Å². The van der Waals surface area contributed by atoms with Crippen molar-refractivity contribution in [2.24, 2.45) is 0 Å². The molecule has 1 heterocycles. The third-order valence-corrected chi connectivity index (χ3v) is 1.96. The summed E-state index contributed by atoms with van der Waals surface area (Å²) in [4.78, 5) is 0. The van der Waals surface area contributed by atoms with E-state index < -0.39 is 5.41 Å². The number of nitriles is 1. The Morgan fingerprint density at radius 3 is 2.54 bits per heavy atom. The topological polar surface area (TPSA) is 54.5 Å². The van der Waals surface area contributed by atoms with E-state index in [2.05, 4.69) is 16.4 Å². The van der Waals surface area contributed by atoms with Crippen LogP contribution in [0.5, 0.6) is 0 Å². The molecular weight excluding hydrogens is 164 g/mol. The highest BCUT2D eigenvalue weighted by Gasteiger charge is 2.23. The molecule has 1 aromatic heterocycles. The van der Waals surface area contributed by atoms with Gasteiger partial charge in [0.1, 0.15) is 5.69 Å². The van der Waals surface area contributed by atoms with Gasteiger partial charge in [-0.2, -0.15) is 5.26 Å². The van der Waals surface area contributed by atoms with Crippen molar-refractivity contribution in [2.45, 2.75) is 39.2 Å². The highest BCUT2D eigenvalue weighted by Crippen LogP contribution is 2.19. The van der Waals surface area contributed by atoms with Gasteiger partial charge in [0.05, 0.1) is 17.7 Å². The van der Waals surface area contributed by atoms with Crippen LogP contribution in [0, 0.1) is 11.3 Å². The minimum Gasteiger partial charge on any atom is -0.250 e. The van der Waals surface area contributed by atoms with Crippen molar-refractivity contribution in [1.82, 2.24) is 15.0 Å². The van der Waals surface area contributed by atoms with Crippen LogP contribution >= 0.6 is 0 Å². The zero-order chi connectivity index (χ0) is 10.1. The van der Waals surface area contributed by atoms with Crippen LogP contribution in [0.25, 0.3) is 0 Å². The lowest BCUT2D eigenvalue weighted by Crippen LogP contribution is -2.14. The minimum absolute atomic E-state index is 0.288. The van der Waals surface area contributed by atoms with Gasteiger partial charge in [-0.25, -0.2) is 4.68 Å². The molecule has 1 rings (SSSR count). The Labute approximate surface area is 78.2 Å². The van der Waals surface area contributed by atoms with Crippen molar-refractivity contribution in [3.8, 4) is 6.07 Å². The van der Waals surface area contributed by atoms with Gasteiger partial charge in [-0.1, -0.05) is 5.21 Å². The van der Waals surface area contributed by atoms with Crippen molar-refractivity contribution in [2.75, 3.05) is 0 Å². The van der Waals surface area contributed by atoms with Gasteiger partial charge in [0, 0.05) is 6.04 Å². The van der Waals surface area contributed by atoms with Gasteiger partial charge in [-0.3, -0.25) is 0 Å². The predicted molar refractivity (Wildman–Crippen MR) is 49.0 cm³/mol. The molecule has 0 aromatic carbocycles. The fraction of sp³-hybridized carbons (Fsp3) is 0.667. The molecule has 0 aliphatic rings. The van der Waals surface area contributed by atoms with E-state index >= 15 is 0 Å². The quantitative estimate of drug-likeness (QED) is 0.692. The summed E-state index contributed by atoms with van der Waals surface area (Å²) < 4.78 is 1.76. The minimum atomic E-state index is -0.548. The van der Waals surface area contributed by atoms with Crippen LogP contribution in [0.15, 0.2) is 6.20 Å². The molecular formula is C9H14N4. The molecule has 0 atom stereocenters. The van der Waals surface area contributed by atoms with Gasteiger partial charge in [0.25, 0.3) is 0 Å². The molecule has 70 valence electrons. The fourth-order valence-corrected chi connectivity index (χ4v) is 0.873. The standard InChI is InChI=1S/C9H14N4/c1-7(2)13-5-8(11-12-13)9(3,4)6-10/h5,7H,1-4H3. The molecule has 0 aliphatic carbocycles. The second-order valence-corrected chi connectivity index (χ2v) is 3.91. The molecule has 0 spiro atoms. The normalized spacial score (nSPS) is 11.7. The molecule has 0 amide bonds. The summed E-state index contributed by atoms with van der Waals surface area (Å²) >= 11 is 0. The monoisotopic (exact) mass is 178 g/mol. The van der Waals surface area contributed by atoms with E-state index in [1.807, 2.05) is 33.9 Å². The molecule has 4 nitrogen and oxygen atoms in total. The van der Waals surface area contributed by atoms with Crippen molar-refractivity contribution < 1.29 is 0 Å². The number of aromatic nitrogens is 3. The second-order valence-electron chi connectivity index (χ2n) is 3.91. The number of hydrogen-bond acceptors (Lipinski definition) is 3. The van der Waals surface area contributed by atoms with Crippen LogP contribution in [-0.2, 0) is 5.41 Å². The van der Waals surface area contributed by atoms with Crippen molar-refractivity contribution >= 4 is 0 Å². The average Bonchev–Trinajstić information content (AvgIpc) is 2.52. The summed E-state index contributed by atoms with van der Waals surface area (Å²) in [6.07, 6.45) is 1.83. The van der Waals surface area contributed by atoms with Crippen molar-refractivity contribution in [1.29, 1.82) is 5.26 Å². The zero-order valence-electron chi connectivity index (χ0n) is 8.44. The molecule has 0 radical (unpaired) electrons. The molecule has 0 N–H and O–H groups in total. The Hall–Kier alpha value is -1.37. The van der Waals surface area contributed by atoms with Crippen LogP contribution in [0.4, 0.5) is 0 Å². The maximum absolute atomic E-state index is 8.87. The number of hydrogen-bond donors (Lipinski definition) is 0. The highest BCUT2D eigenvalue weighted by molar-refractivity contribution is 5.19. The van der Waals surface area contributed by atoms with Gasteiger partial charge in [0.2, 0.25) is 0 Å². The lowest BCUT2D eigenvalue weighted by atomic mass is 9.92. The molecule has 13 heavy (non-hydrogen) atoms. The van der Waals surface area contributed by atoms with Crippen LogP contribution in [0.3, 0.4) is 0 Å². The third-order valence-electron chi connectivity index (χ3n) is 1.96. The average molecular weight is 178 g/mol. The first kappa shape index (κ1) is 9.72. The fourth-order valence-electron chi connectivity index (χ4n) is 0.873. The molecule has 0 unspecified atom stereocenters. The maximum Gasteiger partial charge on any atom is 0.102 e. The Bertz CT molecular complexity index is 330. The molecule has 0 saturated heterocycles. The van der Waals surface area contributed by atoms with Gasteiger partial charge in [-0.15, -0.1) is 5.10 Å². The molecule has 0 bridgehead atoms. The lowest BCUT2D eigenvalue weighted by Gasteiger charge is -2.09. The number of nitrogens with zero attached hydrogens (tertiary/aromatic N) is 4. The van der Waals surface area contributed by atoms with Crippen molar-refractivity contribution in [3.05, 3.63) is 11.9 Å². The summed E-state index contributed by atoms with van der Waals surface area (Å²) in [5.41, 5.74) is 0.177. The predicted octanol–water partition coefficient (Wildman–Crippen LogP) is 1.66. The highest BCUT2D eigenvalue weighted by atomic mass is 15.4. The van der Waals surface area contributed by atoms with Crippen LogP contribution in [0.2, 0.25) is 0 Å². The van der Waals surface area contributed by atoms with Gasteiger partial charge < -0.3 is 0 Å². The summed E-state index contributed by atoms with van der Waals surface area (Å²) in [5, 5.41) is 16.8. The summed E-state index contributed by atoms with van der Waals surface area (Å²) in [6.45, 7) is 7.72. The first-order valence-corrected chi connectivity index (χ1v) is 4.31. The van der Waals surface area contributed by atoms with Crippen LogP contribution < -0.4 is 0 Å². The summed E-state index contributed by atoms with van der Waals surface area (Å²) in [5.74, 6) is 0. The van der Waals surface area contributed by atoms with E-state index in [4.69, 9.17) is 5.26 Å². The summed E-state index contributed by atoms with van der Waals surface area (Å²) in [6, 6.07) is 2.48.